The van der Waals surface area contributed by atoms with Crippen LogP contribution in [-0.4, -0.2) is 30.4 Å². The van der Waals surface area contributed by atoms with Crippen molar-refractivity contribution in [2.24, 2.45) is 0 Å². The Hall–Kier alpha value is -1.35. The minimum Gasteiger partial charge on any atom is -0.412 e. The molecule has 0 heterocycles. The van der Waals surface area contributed by atoms with Crippen molar-refractivity contribution in [2.75, 3.05) is 14.1 Å². The summed E-state index contributed by atoms with van der Waals surface area (Å²) < 4.78 is 0. The molecule has 3 nitrogen and oxygen atoms in total. The van der Waals surface area contributed by atoms with Crippen molar-refractivity contribution in [1.82, 2.24) is 4.90 Å². The summed E-state index contributed by atoms with van der Waals surface area (Å²) >= 11 is 0. The Morgan fingerprint density at radius 2 is 1.79 bits per heavy atom. The first-order chi connectivity index (χ1) is 6.20. The number of carbonyl (C=O) groups excluding carboxylic acids is 1. The summed E-state index contributed by atoms with van der Waals surface area (Å²) in [5, 5.41) is 0. The van der Waals surface area contributed by atoms with Crippen LogP contribution in [0.3, 0.4) is 0 Å². The first kappa shape index (κ1) is 12.7. The normalized spacial score (nSPS) is 9.00. The lowest BCUT2D eigenvalue weighted by atomic mass is 10.1. The molecule has 0 aromatic heterocycles. The summed E-state index contributed by atoms with van der Waals surface area (Å²) in [7, 11) is 3.57. The Morgan fingerprint density at radius 1 is 1.21 bits per heavy atom. The Labute approximate surface area is 84.7 Å². The summed E-state index contributed by atoms with van der Waals surface area (Å²) in [5.74, 6) is 0.184. The third-order valence-electron chi connectivity index (χ3n) is 1.97. The predicted octanol–water partition coefficient (Wildman–Crippen LogP) is 0.883. The lowest BCUT2D eigenvalue weighted by Gasteiger charge is -2.09. The number of hydrogen-bond acceptors (Lipinski definition) is 1. The van der Waals surface area contributed by atoms with Gasteiger partial charge in [0, 0.05) is 20.5 Å². The molecule has 0 aliphatic carbocycles. The third kappa shape index (κ3) is 4.05. The zero-order valence-electron chi connectivity index (χ0n) is 8.66. The minimum absolute atomic E-state index is 0. The summed E-state index contributed by atoms with van der Waals surface area (Å²) in [6, 6.07) is 10.1. The molecule has 1 rings (SSSR count). The van der Waals surface area contributed by atoms with Crippen LogP contribution in [0.1, 0.15) is 12.0 Å². The van der Waals surface area contributed by atoms with Gasteiger partial charge in [0.25, 0.3) is 0 Å². The van der Waals surface area contributed by atoms with Crippen molar-refractivity contribution < 1.29 is 10.3 Å². The van der Waals surface area contributed by atoms with Gasteiger partial charge in [-0.1, -0.05) is 30.3 Å². The van der Waals surface area contributed by atoms with Gasteiger partial charge in [-0.25, -0.2) is 0 Å². The molecule has 78 valence electrons. The maximum Gasteiger partial charge on any atom is 0.222 e. The van der Waals surface area contributed by atoms with Gasteiger partial charge in [-0.05, 0) is 12.0 Å². The number of amides is 1. The standard InChI is InChI=1S/C11H15NO.H2O/c1-12(2)11(13)9-8-10-6-4-3-5-7-10;/h3-7H,8-9H2,1-2H3;1H2. The van der Waals surface area contributed by atoms with E-state index in [4.69, 9.17) is 0 Å². The lowest BCUT2D eigenvalue weighted by molar-refractivity contribution is -0.128. The van der Waals surface area contributed by atoms with Crippen molar-refractivity contribution in [3.8, 4) is 0 Å². The molecule has 0 radical (unpaired) electrons. The van der Waals surface area contributed by atoms with Gasteiger partial charge in [0.1, 0.15) is 0 Å². The van der Waals surface area contributed by atoms with Crippen LogP contribution in [-0.2, 0) is 11.2 Å². The van der Waals surface area contributed by atoms with Crippen LogP contribution in [0.2, 0.25) is 0 Å². The second kappa shape index (κ2) is 6.16. The number of rotatable bonds is 3. The fraction of sp³-hybridized carbons (Fsp3) is 0.364. The monoisotopic (exact) mass is 195 g/mol. The summed E-state index contributed by atoms with van der Waals surface area (Å²) in [4.78, 5) is 12.9. The number of carbonyl (C=O) groups is 1. The van der Waals surface area contributed by atoms with Gasteiger partial charge < -0.3 is 10.4 Å². The number of hydrogen-bond donors (Lipinski definition) is 0. The van der Waals surface area contributed by atoms with Crippen LogP contribution in [0.5, 0.6) is 0 Å². The highest BCUT2D eigenvalue weighted by atomic mass is 16.2. The molecule has 0 fully saturated rings. The van der Waals surface area contributed by atoms with E-state index < -0.39 is 0 Å². The molecule has 0 saturated heterocycles. The summed E-state index contributed by atoms with van der Waals surface area (Å²) in [6.07, 6.45) is 1.43. The van der Waals surface area contributed by atoms with Crippen LogP contribution in [0, 0.1) is 0 Å². The van der Waals surface area contributed by atoms with Crippen LogP contribution in [0.4, 0.5) is 0 Å². The molecule has 1 amide bonds. The highest BCUT2D eigenvalue weighted by molar-refractivity contribution is 5.75. The molecule has 1 aromatic carbocycles. The van der Waals surface area contributed by atoms with Gasteiger partial charge in [-0.15, -0.1) is 0 Å². The molecule has 3 heteroatoms. The highest BCUT2D eigenvalue weighted by Crippen LogP contribution is 2.03. The minimum atomic E-state index is 0. The van der Waals surface area contributed by atoms with Gasteiger partial charge in [0.15, 0.2) is 0 Å². The van der Waals surface area contributed by atoms with E-state index in [-0.39, 0.29) is 11.4 Å². The molecular formula is C11H17NO2. The van der Waals surface area contributed by atoms with E-state index in [1.807, 2.05) is 30.3 Å². The van der Waals surface area contributed by atoms with E-state index >= 15 is 0 Å². The first-order valence-corrected chi connectivity index (χ1v) is 4.44. The van der Waals surface area contributed by atoms with Crippen LogP contribution < -0.4 is 0 Å². The second-order valence-corrected chi connectivity index (χ2v) is 3.27. The smallest absolute Gasteiger partial charge is 0.222 e. The van der Waals surface area contributed by atoms with E-state index in [0.29, 0.717) is 6.42 Å². The summed E-state index contributed by atoms with van der Waals surface area (Å²) in [6.45, 7) is 0. The van der Waals surface area contributed by atoms with Crippen molar-refractivity contribution >= 4 is 5.91 Å². The number of benzene rings is 1. The number of aryl methyl sites for hydroxylation is 1. The highest BCUT2D eigenvalue weighted by Gasteiger charge is 2.03. The molecule has 0 bridgehead atoms. The van der Waals surface area contributed by atoms with Crippen molar-refractivity contribution in [3.63, 3.8) is 0 Å². The molecule has 0 atom stereocenters. The molecule has 14 heavy (non-hydrogen) atoms. The Kier molecular flexibility index (Phi) is 5.56. The topological polar surface area (TPSA) is 51.8 Å². The quantitative estimate of drug-likeness (QED) is 0.706. The molecule has 0 aliphatic heterocycles. The Bertz CT molecular complexity index is 270. The average Bonchev–Trinajstić information content (AvgIpc) is 2.15. The van der Waals surface area contributed by atoms with Crippen molar-refractivity contribution in [2.45, 2.75) is 12.8 Å². The SMILES string of the molecule is CN(C)C(=O)CCc1ccccc1.O. The Balaban J connectivity index is 0.00000169. The van der Waals surface area contributed by atoms with E-state index in [9.17, 15) is 4.79 Å². The average molecular weight is 195 g/mol. The zero-order valence-corrected chi connectivity index (χ0v) is 8.66. The molecule has 0 saturated carbocycles. The van der Waals surface area contributed by atoms with Crippen LogP contribution in [0.15, 0.2) is 30.3 Å². The van der Waals surface area contributed by atoms with Gasteiger partial charge in [0.05, 0.1) is 0 Å². The molecule has 0 spiro atoms. The molecular weight excluding hydrogens is 178 g/mol. The maximum absolute atomic E-state index is 11.2. The zero-order chi connectivity index (χ0) is 9.68. The van der Waals surface area contributed by atoms with Gasteiger partial charge in [-0.3, -0.25) is 4.79 Å². The van der Waals surface area contributed by atoms with E-state index in [0.717, 1.165) is 6.42 Å². The predicted molar refractivity (Wildman–Crippen MR) is 57.1 cm³/mol. The van der Waals surface area contributed by atoms with Gasteiger partial charge in [0.2, 0.25) is 5.91 Å². The second-order valence-electron chi connectivity index (χ2n) is 3.27. The van der Waals surface area contributed by atoms with E-state index in [1.54, 1.807) is 19.0 Å². The Morgan fingerprint density at radius 3 is 2.29 bits per heavy atom. The van der Waals surface area contributed by atoms with Gasteiger partial charge >= 0.3 is 0 Å². The van der Waals surface area contributed by atoms with Crippen LogP contribution >= 0.6 is 0 Å². The summed E-state index contributed by atoms with van der Waals surface area (Å²) in [5.41, 5.74) is 1.22. The third-order valence-corrected chi connectivity index (χ3v) is 1.97. The van der Waals surface area contributed by atoms with Crippen molar-refractivity contribution in [1.29, 1.82) is 0 Å². The number of nitrogens with zero attached hydrogens (tertiary/aromatic N) is 1. The van der Waals surface area contributed by atoms with E-state index in [2.05, 4.69) is 0 Å². The fourth-order valence-corrected chi connectivity index (χ4v) is 1.12. The lowest BCUT2D eigenvalue weighted by Crippen LogP contribution is -2.21. The van der Waals surface area contributed by atoms with E-state index in [1.165, 1.54) is 5.56 Å². The fourth-order valence-electron chi connectivity index (χ4n) is 1.12. The van der Waals surface area contributed by atoms with Crippen molar-refractivity contribution in [3.05, 3.63) is 35.9 Å². The molecule has 2 N–H and O–H groups in total. The van der Waals surface area contributed by atoms with Gasteiger partial charge in [-0.2, -0.15) is 0 Å². The molecule has 0 unspecified atom stereocenters. The first-order valence-electron chi connectivity index (χ1n) is 4.44. The molecule has 0 aliphatic rings. The maximum atomic E-state index is 11.2. The molecule has 1 aromatic rings. The largest absolute Gasteiger partial charge is 0.412 e. The van der Waals surface area contributed by atoms with Crippen LogP contribution in [0.25, 0.3) is 0 Å².